The van der Waals surface area contributed by atoms with Gasteiger partial charge in [-0.05, 0) is 65.0 Å². The van der Waals surface area contributed by atoms with Crippen LogP contribution in [0, 0.1) is 5.41 Å². The summed E-state index contributed by atoms with van der Waals surface area (Å²) in [5.74, 6) is 0. The molecule has 0 saturated heterocycles. The lowest BCUT2D eigenvalue weighted by Gasteiger charge is -2.22. The largest absolute Gasteiger partial charge is 0.396 e. The second-order valence-electron chi connectivity index (χ2n) is 5.67. The van der Waals surface area contributed by atoms with Gasteiger partial charge in [0.25, 0.3) is 0 Å². The first kappa shape index (κ1) is 10.3. The third-order valence-corrected chi connectivity index (χ3v) is 4.46. The van der Waals surface area contributed by atoms with Gasteiger partial charge < -0.3 is 10.2 Å². The normalized spacial score (nSPS) is 32.2. The third-order valence-electron chi connectivity index (χ3n) is 4.46. The molecule has 0 heterocycles. The molecule has 0 amide bonds. The molecular weight excluding hydrogens is 200 g/mol. The predicted octanol–water partition coefficient (Wildman–Crippen LogP) is 2.10. The molecule has 2 heteroatoms. The maximum absolute atomic E-state index is 9.45. The molecule has 2 N–H and O–H groups in total. The van der Waals surface area contributed by atoms with E-state index in [1.54, 1.807) is 0 Å². The van der Waals surface area contributed by atoms with Gasteiger partial charge in [-0.3, -0.25) is 0 Å². The lowest BCUT2D eigenvalue weighted by molar-refractivity contribution is 0.151. The van der Waals surface area contributed by atoms with Gasteiger partial charge in [0.2, 0.25) is 0 Å². The van der Waals surface area contributed by atoms with Gasteiger partial charge in [0.15, 0.2) is 0 Å². The Labute approximate surface area is 96.0 Å². The third kappa shape index (κ3) is 1.09. The molecule has 0 aliphatic heterocycles. The monoisotopic (exact) mass is 218 g/mol. The van der Waals surface area contributed by atoms with Gasteiger partial charge in [0.1, 0.15) is 0 Å². The van der Waals surface area contributed by atoms with Crippen molar-refractivity contribution in [1.29, 1.82) is 0 Å². The van der Waals surface area contributed by atoms with Crippen molar-refractivity contribution in [2.24, 2.45) is 5.41 Å². The van der Waals surface area contributed by atoms with Gasteiger partial charge in [-0.25, -0.2) is 0 Å². The standard InChI is InChI=1S/C14H18O2/c1-8-9-3-10(13(8)6-15)12-5-14(2,7-16)4-11(9)12/h15-16H,3-7H2,1-2H3. The molecule has 0 aromatic rings. The van der Waals surface area contributed by atoms with Crippen molar-refractivity contribution >= 4 is 0 Å². The van der Waals surface area contributed by atoms with Gasteiger partial charge in [-0.2, -0.15) is 0 Å². The minimum Gasteiger partial charge on any atom is -0.396 e. The Balaban J connectivity index is 2.05. The first-order valence-corrected chi connectivity index (χ1v) is 5.96. The smallest absolute Gasteiger partial charge is 0.0687 e. The van der Waals surface area contributed by atoms with Crippen LogP contribution in [0.1, 0.15) is 33.1 Å². The van der Waals surface area contributed by atoms with E-state index in [1.165, 1.54) is 27.9 Å². The lowest BCUT2D eigenvalue weighted by Crippen LogP contribution is -2.18. The summed E-state index contributed by atoms with van der Waals surface area (Å²) in [6, 6.07) is 0. The molecule has 16 heavy (non-hydrogen) atoms. The van der Waals surface area contributed by atoms with Crippen LogP contribution in [-0.2, 0) is 0 Å². The summed E-state index contributed by atoms with van der Waals surface area (Å²) in [4.78, 5) is 0. The summed E-state index contributed by atoms with van der Waals surface area (Å²) in [5, 5.41) is 18.9. The van der Waals surface area contributed by atoms with E-state index in [9.17, 15) is 10.2 Å². The highest BCUT2D eigenvalue weighted by Crippen LogP contribution is 2.58. The molecule has 0 radical (unpaired) electrons. The van der Waals surface area contributed by atoms with E-state index in [-0.39, 0.29) is 18.6 Å². The second kappa shape index (κ2) is 3.08. The summed E-state index contributed by atoms with van der Waals surface area (Å²) >= 11 is 0. The summed E-state index contributed by atoms with van der Waals surface area (Å²) in [6.07, 6.45) is 3.02. The van der Waals surface area contributed by atoms with Crippen molar-refractivity contribution in [3.63, 3.8) is 0 Å². The van der Waals surface area contributed by atoms with E-state index in [0.29, 0.717) is 0 Å². The van der Waals surface area contributed by atoms with Crippen LogP contribution in [0.15, 0.2) is 33.4 Å². The van der Waals surface area contributed by atoms with Crippen LogP contribution in [0.25, 0.3) is 0 Å². The molecule has 0 aromatic heterocycles. The van der Waals surface area contributed by atoms with Crippen LogP contribution in [0.5, 0.6) is 0 Å². The molecule has 0 saturated carbocycles. The molecule has 1 atom stereocenters. The molecular formula is C14H18O2. The van der Waals surface area contributed by atoms with E-state index in [1.807, 2.05) is 0 Å². The van der Waals surface area contributed by atoms with Crippen molar-refractivity contribution in [1.82, 2.24) is 0 Å². The zero-order valence-electron chi connectivity index (χ0n) is 9.93. The SMILES string of the molecule is CC1=C2CC(=C1CO)C1=C2CC(C)(CO)C1. The summed E-state index contributed by atoms with van der Waals surface area (Å²) in [5.41, 5.74) is 8.18. The molecule has 2 bridgehead atoms. The lowest BCUT2D eigenvalue weighted by atomic mass is 9.84. The first-order valence-electron chi connectivity index (χ1n) is 5.96. The zero-order valence-corrected chi connectivity index (χ0v) is 9.93. The summed E-state index contributed by atoms with van der Waals surface area (Å²) < 4.78 is 0. The fourth-order valence-electron chi connectivity index (χ4n) is 3.48. The Morgan fingerprint density at radius 1 is 1.06 bits per heavy atom. The van der Waals surface area contributed by atoms with Crippen molar-refractivity contribution in [3.05, 3.63) is 33.4 Å². The van der Waals surface area contributed by atoms with Crippen LogP contribution in [-0.4, -0.2) is 23.4 Å². The number of rotatable bonds is 2. The van der Waals surface area contributed by atoms with Gasteiger partial charge in [0, 0.05) is 6.61 Å². The Hall–Kier alpha value is -0.860. The van der Waals surface area contributed by atoms with Crippen molar-refractivity contribution in [2.75, 3.05) is 13.2 Å². The van der Waals surface area contributed by atoms with Crippen LogP contribution in [0.2, 0.25) is 0 Å². The molecule has 3 aliphatic carbocycles. The van der Waals surface area contributed by atoms with Gasteiger partial charge in [-0.1, -0.05) is 6.92 Å². The molecule has 0 fully saturated rings. The quantitative estimate of drug-likeness (QED) is 0.745. The van der Waals surface area contributed by atoms with Gasteiger partial charge in [0.05, 0.1) is 6.61 Å². The second-order valence-corrected chi connectivity index (χ2v) is 5.67. The Morgan fingerprint density at radius 3 is 2.25 bits per heavy atom. The van der Waals surface area contributed by atoms with E-state index in [2.05, 4.69) is 13.8 Å². The maximum atomic E-state index is 9.45. The average Bonchev–Trinajstić information content (AvgIpc) is 2.85. The molecule has 0 spiro atoms. The number of hydrogen-bond acceptors (Lipinski definition) is 2. The number of aliphatic hydroxyl groups excluding tert-OH is 2. The highest BCUT2D eigenvalue weighted by molar-refractivity contribution is 5.70. The Bertz CT molecular complexity index is 465. The van der Waals surface area contributed by atoms with Crippen LogP contribution in [0.3, 0.4) is 0 Å². The first-order chi connectivity index (χ1) is 7.59. The Kier molecular flexibility index (Phi) is 1.99. The van der Waals surface area contributed by atoms with Crippen molar-refractivity contribution in [3.8, 4) is 0 Å². The van der Waals surface area contributed by atoms with Crippen molar-refractivity contribution < 1.29 is 10.2 Å². The minimum atomic E-state index is 0.0345. The van der Waals surface area contributed by atoms with Crippen LogP contribution >= 0.6 is 0 Å². The summed E-state index contributed by atoms with van der Waals surface area (Å²) in [6.45, 7) is 4.69. The van der Waals surface area contributed by atoms with E-state index in [4.69, 9.17) is 0 Å². The van der Waals surface area contributed by atoms with E-state index in [0.717, 1.165) is 24.8 Å². The molecule has 86 valence electrons. The fourth-order valence-corrected chi connectivity index (χ4v) is 3.48. The van der Waals surface area contributed by atoms with Crippen LogP contribution < -0.4 is 0 Å². The number of fused-ring (bicyclic) bond motifs is 4. The predicted molar refractivity (Wildman–Crippen MR) is 62.9 cm³/mol. The topological polar surface area (TPSA) is 40.5 Å². The highest BCUT2D eigenvalue weighted by atomic mass is 16.3. The van der Waals surface area contributed by atoms with Crippen molar-refractivity contribution in [2.45, 2.75) is 33.1 Å². The van der Waals surface area contributed by atoms with E-state index >= 15 is 0 Å². The number of allylic oxidation sites excluding steroid dienone is 4. The Morgan fingerprint density at radius 2 is 1.69 bits per heavy atom. The van der Waals surface area contributed by atoms with Gasteiger partial charge >= 0.3 is 0 Å². The van der Waals surface area contributed by atoms with Crippen LogP contribution in [0.4, 0.5) is 0 Å². The zero-order chi connectivity index (χ0) is 11.5. The molecule has 3 rings (SSSR count). The maximum Gasteiger partial charge on any atom is 0.0687 e. The number of aliphatic hydroxyl groups is 2. The number of hydrogen-bond donors (Lipinski definition) is 2. The van der Waals surface area contributed by atoms with Gasteiger partial charge in [-0.15, -0.1) is 0 Å². The van der Waals surface area contributed by atoms with E-state index < -0.39 is 0 Å². The average molecular weight is 218 g/mol. The summed E-state index contributed by atoms with van der Waals surface area (Å²) in [7, 11) is 0. The highest BCUT2D eigenvalue weighted by Gasteiger charge is 2.44. The fraction of sp³-hybridized carbons (Fsp3) is 0.571. The molecule has 0 aromatic carbocycles. The minimum absolute atomic E-state index is 0.0345. The molecule has 1 unspecified atom stereocenters. The molecule has 3 aliphatic rings. The molecule has 2 nitrogen and oxygen atoms in total.